The average Bonchev–Trinajstić information content (AvgIpc) is 2.50. The van der Waals surface area contributed by atoms with E-state index in [0.717, 1.165) is 10.9 Å². The Labute approximate surface area is 121 Å². The Morgan fingerprint density at radius 3 is 2.71 bits per heavy atom. The van der Waals surface area contributed by atoms with Crippen LogP contribution in [0.5, 0.6) is 0 Å². The third-order valence-corrected chi connectivity index (χ3v) is 3.10. The van der Waals surface area contributed by atoms with Crippen LogP contribution < -0.4 is 11.4 Å². The van der Waals surface area contributed by atoms with Crippen LogP contribution >= 0.6 is 0 Å². The van der Waals surface area contributed by atoms with Crippen LogP contribution in [-0.4, -0.2) is 19.5 Å². The smallest absolute Gasteiger partial charge is 0.227 e. The van der Waals surface area contributed by atoms with E-state index < -0.39 is 0 Å². The largest absolute Gasteiger partial charge is 0.369 e. The number of aromatic nitrogens is 4. The van der Waals surface area contributed by atoms with Gasteiger partial charge in [-0.1, -0.05) is 30.3 Å². The summed E-state index contributed by atoms with van der Waals surface area (Å²) < 4.78 is 1.47. The maximum Gasteiger partial charge on any atom is 0.227 e. The topological polar surface area (TPSA) is 93.5 Å². The van der Waals surface area contributed by atoms with Gasteiger partial charge in [0.2, 0.25) is 11.6 Å². The minimum absolute atomic E-state index is 0.0346. The number of nitrogens with zero attached hydrogens (tertiary/aromatic N) is 4. The van der Waals surface area contributed by atoms with Gasteiger partial charge < -0.3 is 5.73 Å². The summed E-state index contributed by atoms with van der Waals surface area (Å²) in [5, 5.41) is 8.96. The summed E-state index contributed by atoms with van der Waals surface area (Å²) in [6.45, 7) is 4.02. The Balaban J connectivity index is 2.14. The number of fused-ring (bicyclic) bond motifs is 1. The van der Waals surface area contributed by atoms with Gasteiger partial charge in [-0.3, -0.25) is 9.98 Å². The van der Waals surface area contributed by atoms with Crippen molar-refractivity contribution in [3.05, 3.63) is 54.7 Å². The van der Waals surface area contributed by atoms with Crippen LogP contribution in [0.3, 0.4) is 0 Å². The molecule has 0 fully saturated rings. The first-order valence-corrected chi connectivity index (χ1v) is 6.45. The molecule has 3 rings (SSSR count). The Kier molecular flexibility index (Phi) is 3.19. The van der Waals surface area contributed by atoms with Crippen molar-refractivity contribution in [2.24, 2.45) is 0 Å². The van der Waals surface area contributed by atoms with Crippen LogP contribution in [0.25, 0.3) is 22.4 Å². The van der Waals surface area contributed by atoms with Crippen LogP contribution in [0.2, 0.25) is 0 Å². The van der Waals surface area contributed by atoms with Crippen molar-refractivity contribution in [3.8, 4) is 11.5 Å². The molecule has 0 atom stereocenters. The van der Waals surface area contributed by atoms with Gasteiger partial charge in [-0.05, 0) is 12.1 Å². The molecule has 0 aliphatic heterocycles. The number of para-hydroxylation sites is 1. The molecule has 2 heterocycles. The molecule has 0 bridgehead atoms. The second-order valence-corrected chi connectivity index (χ2v) is 4.52. The normalized spacial score (nSPS) is 10.7. The van der Waals surface area contributed by atoms with Gasteiger partial charge in [-0.2, -0.15) is 9.97 Å². The number of benzene rings is 1. The van der Waals surface area contributed by atoms with Crippen LogP contribution in [0.1, 0.15) is 0 Å². The number of rotatable bonds is 3. The lowest BCUT2D eigenvalue weighted by molar-refractivity contribution is 0.699. The summed E-state index contributed by atoms with van der Waals surface area (Å²) in [7, 11) is 0. The molecule has 6 nitrogen and oxygen atoms in total. The molecule has 0 saturated carbocycles. The first-order valence-electron chi connectivity index (χ1n) is 6.45. The average molecular weight is 278 g/mol. The van der Waals surface area contributed by atoms with Crippen molar-refractivity contribution in [2.45, 2.75) is 6.54 Å². The fourth-order valence-electron chi connectivity index (χ4n) is 2.08. The highest BCUT2D eigenvalue weighted by molar-refractivity contribution is 5.80. The van der Waals surface area contributed by atoms with E-state index in [1.807, 2.05) is 36.4 Å². The zero-order chi connectivity index (χ0) is 14.8. The molecule has 3 N–H and O–H groups in total. The second kappa shape index (κ2) is 5.16. The van der Waals surface area contributed by atoms with E-state index in [1.54, 1.807) is 6.08 Å². The monoisotopic (exact) mass is 278 g/mol. The lowest BCUT2D eigenvalue weighted by atomic mass is 10.2. The number of nitrogen functional groups attached to an aromatic ring is 1. The lowest BCUT2D eigenvalue weighted by Gasteiger charge is -2.08. The van der Waals surface area contributed by atoms with Gasteiger partial charge in [0.25, 0.3) is 0 Å². The predicted octanol–water partition coefficient (Wildman–Crippen LogP) is 1.74. The number of allylic oxidation sites excluding steroid dienone is 1. The summed E-state index contributed by atoms with van der Waals surface area (Å²) in [4.78, 5) is 12.9. The van der Waals surface area contributed by atoms with Crippen molar-refractivity contribution in [3.63, 3.8) is 0 Å². The molecule has 0 aliphatic rings. The summed E-state index contributed by atoms with van der Waals surface area (Å²) in [6.07, 6.45) is 1.64. The molecule has 0 aliphatic carbocycles. The second-order valence-electron chi connectivity index (χ2n) is 4.52. The third kappa shape index (κ3) is 2.38. The Morgan fingerprint density at radius 2 is 1.95 bits per heavy atom. The van der Waals surface area contributed by atoms with Gasteiger partial charge in [-0.15, -0.1) is 6.58 Å². The van der Waals surface area contributed by atoms with E-state index >= 15 is 0 Å². The highest BCUT2D eigenvalue weighted by Gasteiger charge is 2.08. The number of hydrogen-bond donors (Lipinski definition) is 2. The standard InChI is InChI=1S/C15H14N6/c1-2-9-21-14(16)19-13(20-15(21)17)12-8-7-10-5-3-4-6-11(10)18-12/h2-8H,1,9H2,(H3,16,17,19,20). The zero-order valence-corrected chi connectivity index (χ0v) is 11.3. The SMILES string of the molecule is C=CCn1c(N)nc(-c2ccc3ccccc3n2)nc1=N. The van der Waals surface area contributed by atoms with Crippen LogP contribution in [0, 0.1) is 5.41 Å². The third-order valence-electron chi connectivity index (χ3n) is 3.10. The quantitative estimate of drug-likeness (QED) is 0.714. The maximum atomic E-state index is 7.92. The van der Waals surface area contributed by atoms with Crippen LogP contribution in [0.4, 0.5) is 5.95 Å². The first-order chi connectivity index (χ1) is 10.2. The van der Waals surface area contributed by atoms with Crippen molar-refractivity contribution in [2.75, 3.05) is 5.73 Å². The molecule has 2 aromatic heterocycles. The molecule has 21 heavy (non-hydrogen) atoms. The van der Waals surface area contributed by atoms with Gasteiger partial charge in [0, 0.05) is 11.9 Å². The maximum absolute atomic E-state index is 7.92. The van der Waals surface area contributed by atoms with E-state index in [4.69, 9.17) is 11.1 Å². The predicted molar refractivity (Wildman–Crippen MR) is 81.2 cm³/mol. The van der Waals surface area contributed by atoms with Gasteiger partial charge in [-0.25, -0.2) is 4.98 Å². The Hall–Kier alpha value is -3.02. The molecule has 0 amide bonds. The van der Waals surface area contributed by atoms with Gasteiger partial charge in [0.15, 0.2) is 5.82 Å². The van der Waals surface area contributed by atoms with E-state index in [9.17, 15) is 0 Å². The summed E-state index contributed by atoms with van der Waals surface area (Å²) in [5.41, 5.74) is 7.36. The van der Waals surface area contributed by atoms with Gasteiger partial charge in [0.1, 0.15) is 5.69 Å². The molecule has 104 valence electrons. The lowest BCUT2D eigenvalue weighted by Crippen LogP contribution is -2.27. The summed E-state index contributed by atoms with van der Waals surface area (Å²) in [6, 6.07) is 11.6. The zero-order valence-electron chi connectivity index (χ0n) is 11.3. The molecular formula is C15H14N6. The van der Waals surface area contributed by atoms with E-state index in [2.05, 4.69) is 21.5 Å². The van der Waals surface area contributed by atoms with E-state index in [-0.39, 0.29) is 11.6 Å². The minimum atomic E-state index is 0.0346. The Bertz CT molecular complexity index is 881. The van der Waals surface area contributed by atoms with Crippen LogP contribution in [-0.2, 0) is 6.54 Å². The number of pyridine rings is 1. The number of nitrogens with one attached hydrogen (secondary N) is 1. The fourth-order valence-corrected chi connectivity index (χ4v) is 2.08. The Morgan fingerprint density at radius 1 is 1.14 bits per heavy atom. The highest BCUT2D eigenvalue weighted by atomic mass is 15.2. The molecule has 0 unspecified atom stereocenters. The first kappa shape index (κ1) is 13.0. The van der Waals surface area contributed by atoms with Crippen LogP contribution in [0.15, 0.2) is 49.1 Å². The van der Waals surface area contributed by atoms with Crippen molar-refractivity contribution in [1.29, 1.82) is 5.41 Å². The van der Waals surface area contributed by atoms with Crippen molar-refractivity contribution < 1.29 is 0 Å². The number of anilines is 1. The molecule has 0 spiro atoms. The summed E-state index contributed by atoms with van der Waals surface area (Å²) in [5.74, 6) is 0.573. The van der Waals surface area contributed by atoms with Gasteiger partial charge >= 0.3 is 0 Å². The molecule has 0 radical (unpaired) electrons. The number of hydrogen-bond acceptors (Lipinski definition) is 5. The summed E-state index contributed by atoms with van der Waals surface area (Å²) >= 11 is 0. The molecular weight excluding hydrogens is 264 g/mol. The van der Waals surface area contributed by atoms with Crippen molar-refractivity contribution >= 4 is 16.9 Å². The fraction of sp³-hybridized carbons (Fsp3) is 0.0667. The van der Waals surface area contributed by atoms with Crippen molar-refractivity contribution in [1.82, 2.24) is 19.5 Å². The minimum Gasteiger partial charge on any atom is -0.369 e. The van der Waals surface area contributed by atoms with E-state index in [0.29, 0.717) is 18.1 Å². The van der Waals surface area contributed by atoms with Gasteiger partial charge in [0.05, 0.1) is 5.52 Å². The highest BCUT2D eigenvalue weighted by Crippen LogP contribution is 2.17. The molecule has 3 aromatic rings. The molecule has 1 aromatic carbocycles. The molecule has 6 heteroatoms. The number of nitrogens with two attached hydrogens (primary N) is 1. The van der Waals surface area contributed by atoms with E-state index in [1.165, 1.54) is 4.57 Å². The molecule has 0 saturated heterocycles.